The summed E-state index contributed by atoms with van der Waals surface area (Å²) in [4.78, 5) is 0. The van der Waals surface area contributed by atoms with E-state index in [9.17, 15) is 0 Å². The molecule has 0 saturated heterocycles. The molecule has 88 valence electrons. The lowest BCUT2D eigenvalue weighted by atomic mass is 10.2. The molecule has 2 fully saturated rings. The monoisotopic (exact) mass is 226 g/mol. The summed E-state index contributed by atoms with van der Waals surface area (Å²) in [5.41, 5.74) is 2.27. The van der Waals surface area contributed by atoms with Gasteiger partial charge in [-0.25, -0.2) is 0 Å². The van der Waals surface area contributed by atoms with Crippen LogP contribution in [0, 0.1) is 0 Å². The quantitative estimate of drug-likeness (QED) is 0.453. The van der Waals surface area contributed by atoms with Crippen molar-refractivity contribution in [3.8, 4) is 0 Å². The summed E-state index contributed by atoms with van der Waals surface area (Å²) >= 11 is 0. The second-order valence-electron chi connectivity index (χ2n) is 5.54. The lowest BCUT2D eigenvalue weighted by Crippen LogP contribution is -2.07. The molecule has 0 aromatic rings. The first kappa shape index (κ1) is 11.9. The van der Waals surface area contributed by atoms with Crippen LogP contribution in [0.2, 0.25) is 0 Å². The molecule has 0 N–H and O–H groups in total. The van der Waals surface area contributed by atoms with Crippen molar-refractivity contribution >= 4 is 8.58 Å². The molecule has 2 saturated carbocycles. The van der Waals surface area contributed by atoms with E-state index in [0.717, 1.165) is 11.3 Å². The van der Waals surface area contributed by atoms with Gasteiger partial charge in [0.05, 0.1) is 0 Å². The van der Waals surface area contributed by atoms with Crippen LogP contribution in [-0.4, -0.2) is 11.3 Å². The summed E-state index contributed by atoms with van der Waals surface area (Å²) in [6.07, 6.45) is 18.5. The minimum atomic E-state index is 1.13. The average Bonchev–Trinajstić information content (AvgIpc) is 2.63. The van der Waals surface area contributed by atoms with Crippen LogP contribution in [0.25, 0.3) is 0 Å². The molecule has 0 aromatic carbocycles. The van der Waals surface area contributed by atoms with E-state index in [1.54, 1.807) is 25.7 Å². The van der Waals surface area contributed by atoms with Gasteiger partial charge in [-0.3, -0.25) is 0 Å². The molecule has 0 radical (unpaired) electrons. The molecule has 1 heteroatoms. The fourth-order valence-electron chi connectivity index (χ4n) is 3.23. The first-order valence-corrected chi connectivity index (χ1v) is 8.37. The fraction of sp³-hybridized carbons (Fsp3) is 1.00. The van der Waals surface area contributed by atoms with Gasteiger partial charge in [-0.15, -0.1) is 8.58 Å². The highest BCUT2D eigenvalue weighted by atomic mass is 31.1. The summed E-state index contributed by atoms with van der Waals surface area (Å²) in [5, 5.41) is 0. The third-order valence-corrected chi connectivity index (χ3v) is 6.28. The molecular formula is C14H27P. The molecule has 0 unspecified atom stereocenters. The minimum Gasteiger partial charge on any atom is -0.116 e. The molecule has 0 aliphatic heterocycles. The molecule has 0 aromatic heterocycles. The van der Waals surface area contributed by atoms with Gasteiger partial charge in [0.1, 0.15) is 0 Å². The number of rotatable bonds is 2. The first-order chi connectivity index (χ1) is 7.45. The highest BCUT2D eigenvalue weighted by molar-refractivity contribution is 7.39. The van der Waals surface area contributed by atoms with Gasteiger partial charge in [-0.2, -0.15) is 0 Å². The molecule has 0 heterocycles. The van der Waals surface area contributed by atoms with Crippen LogP contribution in [-0.2, 0) is 0 Å². The maximum absolute atomic E-state index is 1.56. The van der Waals surface area contributed by atoms with Crippen molar-refractivity contribution in [1.82, 2.24) is 0 Å². The Hall–Kier alpha value is 0.430. The predicted molar refractivity (Wildman–Crippen MR) is 71.3 cm³/mol. The molecule has 0 bridgehead atoms. The third-order valence-electron chi connectivity index (χ3n) is 4.18. The van der Waals surface area contributed by atoms with Gasteiger partial charge in [0.15, 0.2) is 0 Å². The zero-order chi connectivity index (χ0) is 10.3. The zero-order valence-electron chi connectivity index (χ0n) is 10.1. The van der Waals surface area contributed by atoms with E-state index in [0.29, 0.717) is 0 Å². The van der Waals surface area contributed by atoms with Crippen molar-refractivity contribution in [1.29, 1.82) is 0 Å². The molecule has 2 rings (SSSR count). The Morgan fingerprint density at radius 3 is 1.13 bits per heavy atom. The molecular weight excluding hydrogens is 199 g/mol. The number of hydrogen-bond acceptors (Lipinski definition) is 0. The standard InChI is InChI=1S/C14H27P/c1-2-6-10-13(9-5-1)15-14-11-7-3-4-8-12-14/h13-15H,1-12H2. The molecule has 0 spiro atoms. The number of hydrogen-bond donors (Lipinski definition) is 0. The van der Waals surface area contributed by atoms with Gasteiger partial charge in [-0.05, 0) is 37.0 Å². The van der Waals surface area contributed by atoms with Gasteiger partial charge < -0.3 is 0 Å². The zero-order valence-corrected chi connectivity index (χ0v) is 11.1. The largest absolute Gasteiger partial charge is 0.116 e. The van der Waals surface area contributed by atoms with Crippen molar-refractivity contribution < 1.29 is 0 Å². The van der Waals surface area contributed by atoms with Crippen molar-refractivity contribution in [3.63, 3.8) is 0 Å². The van der Waals surface area contributed by atoms with Gasteiger partial charge >= 0.3 is 0 Å². The first-order valence-electron chi connectivity index (χ1n) is 7.21. The Morgan fingerprint density at radius 1 is 0.467 bits per heavy atom. The molecule has 15 heavy (non-hydrogen) atoms. The smallest absolute Gasteiger partial charge is 0.0234 e. The summed E-state index contributed by atoms with van der Waals surface area (Å²) in [5.74, 6) is 0. The summed E-state index contributed by atoms with van der Waals surface area (Å²) < 4.78 is 0. The van der Waals surface area contributed by atoms with Gasteiger partial charge in [0.2, 0.25) is 0 Å². The molecule has 2 aliphatic rings. The Bertz CT molecular complexity index is 133. The Balaban J connectivity index is 1.73. The van der Waals surface area contributed by atoms with Gasteiger partial charge in [0.25, 0.3) is 0 Å². The van der Waals surface area contributed by atoms with Crippen molar-refractivity contribution in [2.24, 2.45) is 0 Å². The van der Waals surface area contributed by atoms with E-state index in [4.69, 9.17) is 0 Å². The summed E-state index contributed by atoms with van der Waals surface area (Å²) in [6.45, 7) is 0. The van der Waals surface area contributed by atoms with Crippen molar-refractivity contribution in [2.45, 2.75) is 88.4 Å². The van der Waals surface area contributed by atoms with Crippen LogP contribution < -0.4 is 0 Å². The Morgan fingerprint density at radius 2 is 0.800 bits per heavy atom. The maximum Gasteiger partial charge on any atom is -0.0234 e. The SMILES string of the molecule is C1CCCC(PC2CCCCCC2)CC1. The summed E-state index contributed by atoms with van der Waals surface area (Å²) in [7, 11) is 1.32. The summed E-state index contributed by atoms with van der Waals surface area (Å²) in [6, 6.07) is 0. The molecule has 2 aliphatic carbocycles. The van der Waals surface area contributed by atoms with Gasteiger partial charge in [-0.1, -0.05) is 51.4 Å². The van der Waals surface area contributed by atoms with Crippen LogP contribution in [0.5, 0.6) is 0 Å². The predicted octanol–water partition coefficient (Wildman–Crippen LogP) is 5.11. The van der Waals surface area contributed by atoms with E-state index >= 15 is 0 Å². The normalized spacial score (nSPS) is 27.2. The lowest BCUT2D eigenvalue weighted by Gasteiger charge is -2.21. The second-order valence-corrected chi connectivity index (χ2v) is 7.51. The van der Waals surface area contributed by atoms with Crippen molar-refractivity contribution in [3.05, 3.63) is 0 Å². The topological polar surface area (TPSA) is 0 Å². The average molecular weight is 226 g/mol. The Kier molecular flexibility index (Phi) is 5.47. The maximum atomic E-state index is 1.56. The lowest BCUT2D eigenvalue weighted by molar-refractivity contribution is 0.675. The van der Waals surface area contributed by atoms with Gasteiger partial charge in [0, 0.05) is 0 Å². The van der Waals surface area contributed by atoms with E-state index in [1.807, 2.05) is 0 Å². The van der Waals surface area contributed by atoms with E-state index in [1.165, 1.54) is 59.9 Å². The van der Waals surface area contributed by atoms with E-state index in [-0.39, 0.29) is 0 Å². The van der Waals surface area contributed by atoms with Crippen LogP contribution >= 0.6 is 8.58 Å². The van der Waals surface area contributed by atoms with E-state index in [2.05, 4.69) is 0 Å². The second kappa shape index (κ2) is 6.89. The Labute approximate surface area is 97.4 Å². The molecule has 0 amide bonds. The van der Waals surface area contributed by atoms with Crippen LogP contribution in [0.15, 0.2) is 0 Å². The fourth-order valence-corrected chi connectivity index (χ4v) is 5.38. The van der Waals surface area contributed by atoms with Crippen LogP contribution in [0.3, 0.4) is 0 Å². The highest BCUT2D eigenvalue weighted by Crippen LogP contribution is 2.40. The van der Waals surface area contributed by atoms with Crippen molar-refractivity contribution in [2.75, 3.05) is 0 Å². The minimum absolute atomic E-state index is 1.13. The van der Waals surface area contributed by atoms with Crippen LogP contribution in [0.4, 0.5) is 0 Å². The molecule has 0 atom stereocenters. The molecule has 0 nitrogen and oxygen atoms in total. The third kappa shape index (κ3) is 4.43. The van der Waals surface area contributed by atoms with Crippen LogP contribution in [0.1, 0.15) is 77.0 Å². The highest BCUT2D eigenvalue weighted by Gasteiger charge is 2.18. The van der Waals surface area contributed by atoms with E-state index < -0.39 is 0 Å².